The van der Waals surface area contributed by atoms with E-state index < -0.39 is 0 Å². The van der Waals surface area contributed by atoms with Gasteiger partial charge in [-0.1, -0.05) is 38.1 Å². The quantitative estimate of drug-likeness (QED) is 0.862. The highest BCUT2D eigenvalue weighted by Crippen LogP contribution is 2.41. The summed E-state index contributed by atoms with van der Waals surface area (Å²) in [6.07, 6.45) is 0. The van der Waals surface area contributed by atoms with E-state index in [1.165, 1.54) is 11.1 Å². The van der Waals surface area contributed by atoms with E-state index >= 15 is 0 Å². The maximum atomic E-state index is 5.50. The fourth-order valence-electron chi connectivity index (χ4n) is 2.84. The second-order valence-electron chi connectivity index (χ2n) is 5.78. The van der Waals surface area contributed by atoms with Gasteiger partial charge in [0.15, 0.2) is 0 Å². The molecular weight excluding hydrogens is 210 g/mol. The third-order valence-electron chi connectivity index (χ3n) is 4.43. The largest absolute Gasteiger partial charge is 0.379 e. The van der Waals surface area contributed by atoms with E-state index in [1.807, 2.05) is 0 Å². The predicted molar refractivity (Wildman–Crippen MR) is 69.4 cm³/mol. The van der Waals surface area contributed by atoms with Gasteiger partial charge >= 0.3 is 0 Å². The summed E-state index contributed by atoms with van der Waals surface area (Å²) in [5.41, 5.74) is 3.20. The fourth-order valence-corrected chi connectivity index (χ4v) is 2.84. The maximum absolute atomic E-state index is 5.50. The van der Waals surface area contributed by atoms with Crippen LogP contribution in [0.5, 0.6) is 0 Å². The van der Waals surface area contributed by atoms with E-state index in [-0.39, 0.29) is 0 Å². The first-order valence-electron chi connectivity index (χ1n) is 6.61. The lowest BCUT2D eigenvalue weighted by atomic mass is 9.66. The molecule has 0 aliphatic carbocycles. The van der Waals surface area contributed by atoms with Crippen molar-refractivity contribution in [3.63, 3.8) is 0 Å². The molecule has 0 aromatic heterocycles. The van der Waals surface area contributed by atoms with Crippen molar-refractivity contribution in [1.82, 2.24) is 5.32 Å². The Kier molecular flexibility index (Phi) is 2.72. The number of benzene rings is 1. The van der Waals surface area contributed by atoms with Crippen LogP contribution >= 0.6 is 0 Å². The Hall–Kier alpha value is -0.860. The molecule has 0 saturated carbocycles. The van der Waals surface area contributed by atoms with Gasteiger partial charge in [0.1, 0.15) is 0 Å². The van der Waals surface area contributed by atoms with Crippen molar-refractivity contribution in [3.05, 3.63) is 35.4 Å². The number of hydrogen-bond acceptors (Lipinski definition) is 2. The zero-order valence-corrected chi connectivity index (χ0v) is 10.7. The van der Waals surface area contributed by atoms with Crippen molar-refractivity contribution >= 4 is 0 Å². The van der Waals surface area contributed by atoms with Crippen LogP contribution in [0.25, 0.3) is 0 Å². The molecule has 1 N–H and O–H groups in total. The third kappa shape index (κ3) is 1.71. The lowest BCUT2D eigenvalue weighted by Gasteiger charge is -2.51. The summed E-state index contributed by atoms with van der Waals surface area (Å²) in [5, 5.41) is 3.38. The van der Waals surface area contributed by atoms with E-state index in [9.17, 15) is 0 Å². The highest BCUT2D eigenvalue weighted by atomic mass is 16.5. The molecule has 2 saturated heterocycles. The fraction of sp³-hybridized carbons (Fsp3) is 0.600. The van der Waals surface area contributed by atoms with Gasteiger partial charge in [0.25, 0.3) is 0 Å². The van der Waals surface area contributed by atoms with Gasteiger partial charge < -0.3 is 10.1 Å². The number of hydrogen-bond donors (Lipinski definition) is 1. The predicted octanol–water partition coefficient (Wildman–Crippen LogP) is 2.30. The van der Waals surface area contributed by atoms with Crippen LogP contribution in [-0.2, 0) is 10.2 Å². The molecule has 1 aromatic rings. The van der Waals surface area contributed by atoms with Crippen LogP contribution < -0.4 is 5.32 Å². The molecule has 0 atom stereocenters. The van der Waals surface area contributed by atoms with E-state index in [2.05, 4.69) is 43.4 Å². The Balaban J connectivity index is 1.86. The molecule has 1 aromatic carbocycles. The molecule has 0 unspecified atom stereocenters. The second-order valence-corrected chi connectivity index (χ2v) is 5.78. The first-order chi connectivity index (χ1) is 8.22. The van der Waals surface area contributed by atoms with Crippen LogP contribution in [0.15, 0.2) is 24.3 Å². The smallest absolute Gasteiger partial charge is 0.0589 e. The van der Waals surface area contributed by atoms with Crippen molar-refractivity contribution in [3.8, 4) is 0 Å². The number of nitrogens with one attached hydrogen (secondary N) is 1. The van der Waals surface area contributed by atoms with E-state index in [0.717, 1.165) is 32.2 Å². The molecule has 17 heavy (non-hydrogen) atoms. The van der Waals surface area contributed by atoms with Crippen LogP contribution in [-0.4, -0.2) is 26.3 Å². The lowest BCUT2D eigenvalue weighted by molar-refractivity contribution is -0.101. The van der Waals surface area contributed by atoms with E-state index in [0.29, 0.717) is 11.3 Å². The van der Waals surface area contributed by atoms with E-state index in [1.54, 1.807) is 0 Å². The minimum Gasteiger partial charge on any atom is -0.379 e. The number of ether oxygens (including phenoxy) is 1. The summed E-state index contributed by atoms with van der Waals surface area (Å²) in [6.45, 7) is 8.59. The molecule has 0 bridgehead atoms. The topological polar surface area (TPSA) is 21.3 Å². The number of rotatable bonds is 3. The molecule has 2 heteroatoms. The Morgan fingerprint density at radius 2 is 1.82 bits per heavy atom. The third-order valence-corrected chi connectivity index (χ3v) is 4.43. The SMILES string of the molecule is CC(C)c1ccc(C2(C3CNC3)COC2)cc1. The van der Waals surface area contributed by atoms with Gasteiger partial charge in [-0.3, -0.25) is 0 Å². The molecule has 2 nitrogen and oxygen atoms in total. The summed E-state index contributed by atoms with van der Waals surface area (Å²) in [7, 11) is 0. The molecular formula is C15H21NO. The molecule has 2 aliphatic rings. The molecule has 2 fully saturated rings. The molecule has 0 amide bonds. The van der Waals surface area contributed by atoms with Gasteiger partial charge in [-0.2, -0.15) is 0 Å². The average Bonchev–Trinajstić information content (AvgIpc) is 2.20. The molecule has 3 rings (SSSR count). The molecule has 2 heterocycles. The molecule has 2 aliphatic heterocycles. The van der Waals surface area contributed by atoms with Gasteiger partial charge in [0, 0.05) is 18.5 Å². The lowest BCUT2D eigenvalue weighted by Crippen LogP contribution is -2.62. The summed E-state index contributed by atoms with van der Waals surface area (Å²) in [5.74, 6) is 1.38. The van der Waals surface area contributed by atoms with Crippen molar-refractivity contribution in [2.24, 2.45) is 5.92 Å². The van der Waals surface area contributed by atoms with Crippen LogP contribution in [0.2, 0.25) is 0 Å². The van der Waals surface area contributed by atoms with Crippen LogP contribution in [0.3, 0.4) is 0 Å². The van der Waals surface area contributed by atoms with Crippen LogP contribution in [0, 0.1) is 5.92 Å². The van der Waals surface area contributed by atoms with Gasteiger partial charge in [0.05, 0.1) is 13.2 Å². The van der Waals surface area contributed by atoms with E-state index in [4.69, 9.17) is 4.74 Å². The van der Waals surface area contributed by atoms with Crippen molar-refractivity contribution in [2.45, 2.75) is 25.2 Å². The molecule has 0 spiro atoms. The molecule has 92 valence electrons. The standard InChI is InChI=1S/C15H21NO/c1-11(2)12-3-5-13(6-4-12)15(9-17-10-15)14-7-16-8-14/h3-6,11,14,16H,7-10H2,1-2H3. The second kappa shape index (κ2) is 4.11. The van der Waals surface area contributed by atoms with Crippen molar-refractivity contribution in [2.75, 3.05) is 26.3 Å². The first kappa shape index (κ1) is 11.2. The highest BCUT2D eigenvalue weighted by molar-refractivity contribution is 5.34. The zero-order valence-electron chi connectivity index (χ0n) is 10.7. The van der Waals surface area contributed by atoms with Crippen LogP contribution in [0.1, 0.15) is 30.9 Å². The van der Waals surface area contributed by atoms with Gasteiger partial charge in [-0.25, -0.2) is 0 Å². The Bertz CT molecular complexity index is 388. The normalized spacial score (nSPS) is 23.2. The highest BCUT2D eigenvalue weighted by Gasteiger charge is 2.49. The summed E-state index contributed by atoms with van der Waals surface area (Å²) < 4.78 is 5.50. The summed E-state index contributed by atoms with van der Waals surface area (Å²) in [4.78, 5) is 0. The maximum Gasteiger partial charge on any atom is 0.0589 e. The van der Waals surface area contributed by atoms with Gasteiger partial charge in [0.2, 0.25) is 0 Å². The van der Waals surface area contributed by atoms with Gasteiger partial charge in [-0.15, -0.1) is 0 Å². The Labute approximate surface area is 103 Å². The van der Waals surface area contributed by atoms with Gasteiger partial charge in [-0.05, 0) is 23.0 Å². The Morgan fingerprint density at radius 3 is 2.18 bits per heavy atom. The Morgan fingerprint density at radius 1 is 1.18 bits per heavy atom. The summed E-state index contributed by atoms with van der Waals surface area (Å²) >= 11 is 0. The van der Waals surface area contributed by atoms with Crippen molar-refractivity contribution in [1.29, 1.82) is 0 Å². The average molecular weight is 231 g/mol. The first-order valence-corrected chi connectivity index (χ1v) is 6.61. The van der Waals surface area contributed by atoms with Crippen LogP contribution in [0.4, 0.5) is 0 Å². The summed E-state index contributed by atoms with van der Waals surface area (Å²) in [6, 6.07) is 9.20. The molecule has 0 radical (unpaired) electrons. The van der Waals surface area contributed by atoms with Crippen molar-refractivity contribution < 1.29 is 4.74 Å². The minimum absolute atomic E-state index is 0.306. The zero-order chi connectivity index (χ0) is 11.9. The monoisotopic (exact) mass is 231 g/mol. The minimum atomic E-state index is 0.306.